The lowest BCUT2D eigenvalue weighted by Gasteiger charge is -2.35. The smallest absolute Gasteiger partial charge is 0.260 e. The van der Waals surface area contributed by atoms with Gasteiger partial charge in [-0.1, -0.05) is 24.3 Å². The Morgan fingerprint density at radius 1 is 1.07 bits per heavy atom. The van der Waals surface area contributed by atoms with E-state index in [1.807, 2.05) is 18.2 Å². The molecule has 0 bridgehead atoms. The Balaban J connectivity index is 1.56. The van der Waals surface area contributed by atoms with Crippen LogP contribution in [0.15, 0.2) is 30.3 Å². The maximum Gasteiger partial charge on any atom is 0.260 e. The Bertz CT molecular complexity index is 875. The molecule has 5 nitrogen and oxygen atoms in total. The molecule has 1 aliphatic carbocycles. The highest BCUT2D eigenvalue weighted by Gasteiger charge is 2.38. The first kappa shape index (κ1) is 17.0. The number of ether oxygens (including phenoxy) is 1. The van der Waals surface area contributed by atoms with E-state index in [9.17, 15) is 9.90 Å². The summed E-state index contributed by atoms with van der Waals surface area (Å²) in [5.74, 6) is 0.695. The van der Waals surface area contributed by atoms with Crippen LogP contribution in [0.4, 0.5) is 0 Å². The molecule has 2 aliphatic heterocycles. The van der Waals surface area contributed by atoms with Crippen LogP contribution in [-0.2, 0) is 6.54 Å². The second-order valence-corrected chi connectivity index (χ2v) is 8.06. The zero-order valence-corrected chi connectivity index (χ0v) is 15.6. The molecule has 142 valence electrons. The van der Waals surface area contributed by atoms with E-state index in [0.717, 1.165) is 44.3 Å². The first-order chi connectivity index (χ1) is 13.2. The third-order valence-corrected chi connectivity index (χ3v) is 6.36. The standard InChI is InChI=1S/C22H26N2O3/c25-20-9-5-8-19(20)24-14-27-21-17-7-2-1-6-16(17)15(12-18(21)22(24)26)13-23-10-3-4-11-23/h1-2,6-7,12,19-20,25H,3-5,8-11,13-14H2/t19-,20-/m0/s1. The van der Waals surface area contributed by atoms with Gasteiger partial charge in [-0.25, -0.2) is 0 Å². The van der Waals surface area contributed by atoms with Crippen LogP contribution in [0.3, 0.4) is 0 Å². The normalized spacial score (nSPS) is 25.8. The molecule has 5 heteroatoms. The van der Waals surface area contributed by atoms with Gasteiger partial charge in [0, 0.05) is 11.9 Å². The third kappa shape index (κ3) is 2.89. The van der Waals surface area contributed by atoms with Gasteiger partial charge in [-0.2, -0.15) is 0 Å². The summed E-state index contributed by atoms with van der Waals surface area (Å²) in [6.45, 7) is 3.34. The molecular weight excluding hydrogens is 340 g/mol. The summed E-state index contributed by atoms with van der Waals surface area (Å²) >= 11 is 0. The van der Waals surface area contributed by atoms with Crippen LogP contribution >= 0.6 is 0 Å². The minimum atomic E-state index is -0.441. The number of benzene rings is 2. The summed E-state index contributed by atoms with van der Waals surface area (Å²) in [5, 5.41) is 12.5. The maximum absolute atomic E-state index is 13.3. The molecule has 2 heterocycles. The molecule has 3 aliphatic rings. The lowest BCUT2D eigenvalue weighted by Crippen LogP contribution is -2.48. The lowest BCUT2D eigenvalue weighted by atomic mass is 9.97. The molecule has 2 aromatic carbocycles. The van der Waals surface area contributed by atoms with E-state index in [1.165, 1.54) is 23.8 Å². The Kier molecular flexibility index (Phi) is 4.29. The number of aliphatic hydroxyl groups excluding tert-OH is 1. The van der Waals surface area contributed by atoms with Crippen LogP contribution in [0.1, 0.15) is 48.0 Å². The predicted octanol–water partition coefficient (Wildman–Crippen LogP) is 3.14. The van der Waals surface area contributed by atoms with E-state index >= 15 is 0 Å². The van der Waals surface area contributed by atoms with Crippen molar-refractivity contribution in [3.63, 3.8) is 0 Å². The highest BCUT2D eigenvalue weighted by molar-refractivity contribution is 6.06. The summed E-state index contributed by atoms with van der Waals surface area (Å²) in [7, 11) is 0. The highest BCUT2D eigenvalue weighted by atomic mass is 16.5. The highest BCUT2D eigenvalue weighted by Crippen LogP contribution is 2.38. The molecule has 1 saturated heterocycles. The second-order valence-electron chi connectivity index (χ2n) is 8.06. The number of aliphatic hydroxyl groups is 1. The van der Waals surface area contributed by atoms with E-state index in [2.05, 4.69) is 17.0 Å². The van der Waals surface area contributed by atoms with E-state index in [0.29, 0.717) is 11.3 Å². The minimum absolute atomic E-state index is 0.00405. The van der Waals surface area contributed by atoms with Gasteiger partial charge in [0.1, 0.15) is 5.75 Å². The van der Waals surface area contributed by atoms with Crippen molar-refractivity contribution in [1.29, 1.82) is 0 Å². The van der Waals surface area contributed by atoms with Crippen LogP contribution in [0.2, 0.25) is 0 Å². The molecule has 1 N–H and O–H groups in total. The van der Waals surface area contributed by atoms with Gasteiger partial charge in [-0.05, 0) is 62.2 Å². The fourth-order valence-electron chi connectivity index (χ4n) is 4.93. The summed E-state index contributed by atoms with van der Waals surface area (Å²) < 4.78 is 6.09. The number of fused-ring (bicyclic) bond motifs is 3. The Morgan fingerprint density at radius 2 is 1.85 bits per heavy atom. The Hall–Kier alpha value is -2.11. The van der Waals surface area contributed by atoms with Gasteiger partial charge in [0.05, 0.1) is 17.7 Å². The van der Waals surface area contributed by atoms with E-state index in [1.54, 1.807) is 4.90 Å². The molecule has 2 atom stereocenters. The minimum Gasteiger partial charge on any atom is -0.472 e. The summed E-state index contributed by atoms with van der Waals surface area (Å²) in [6.07, 6.45) is 4.62. The van der Waals surface area contributed by atoms with Gasteiger partial charge < -0.3 is 9.84 Å². The van der Waals surface area contributed by atoms with Crippen LogP contribution < -0.4 is 4.74 Å². The number of rotatable bonds is 3. The Morgan fingerprint density at radius 3 is 2.59 bits per heavy atom. The van der Waals surface area contributed by atoms with Crippen molar-refractivity contribution in [3.8, 4) is 5.75 Å². The molecule has 5 rings (SSSR count). The molecule has 0 unspecified atom stereocenters. The SMILES string of the molecule is O=C1c2cc(CN3CCCC3)c3ccccc3c2OCN1[C@H]1CCC[C@@H]1O. The van der Waals surface area contributed by atoms with Crippen molar-refractivity contribution in [2.45, 2.75) is 50.8 Å². The molecule has 0 aromatic heterocycles. The van der Waals surface area contributed by atoms with Crippen LogP contribution in [-0.4, -0.2) is 52.8 Å². The van der Waals surface area contributed by atoms with Crippen LogP contribution in [0, 0.1) is 0 Å². The Labute approximate surface area is 159 Å². The number of carbonyl (C=O) groups excluding carboxylic acids is 1. The number of carbonyl (C=O) groups is 1. The number of nitrogens with zero attached hydrogens (tertiary/aromatic N) is 2. The van der Waals surface area contributed by atoms with Gasteiger partial charge in [-0.15, -0.1) is 0 Å². The summed E-state index contributed by atoms with van der Waals surface area (Å²) in [5.41, 5.74) is 1.84. The molecule has 0 spiro atoms. The summed E-state index contributed by atoms with van der Waals surface area (Å²) in [4.78, 5) is 17.5. The number of hydrogen-bond donors (Lipinski definition) is 1. The van der Waals surface area contributed by atoms with Crippen molar-refractivity contribution < 1.29 is 14.6 Å². The third-order valence-electron chi connectivity index (χ3n) is 6.36. The first-order valence-electron chi connectivity index (χ1n) is 10.1. The number of likely N-dealkylation sites (tertiary alicyclic amines) is 1. The van der Waals surface area contributed by atoms with Crippen molar-refractivity contribution >= 4 is 16.7 Å². The predicted molar refractivity (Wildman–Crippen MR) is 104 cm³/mol. The molecular formula is C22H26N2O3. The largest absolute Gasteiger partial charge is 0.472 e. The molecule has 1 amide bonds. The summed E-state index contributed by atoms with van der Waals surface area (Å²) in [6, 6.07) is 10.1. The fourth-order valence-corrected chi connectivity index (χ4v) is 4.93. The van der Waals surface area contributed by atoms with Gasteiger partial charge in [0.2, 0.25) is 0 Å². The second kappa shape index (κ2) is 6.80. The number of hydrogen-bond acceptors (Lipinski definition) is 4. The quantitative estimate of drug-likeness (QED) is 0.907. The average Bonchev–Trinajstić information content (AvgIpc) is 3.35. The molecule has 27 heavy (non-hydrogen) atoms. The van der Waals surface area contributed by atoms with Gasteiger partial charge >= 0.3 is 0 Å². The van der Waals surface area contributed by atoms with E-state index in [4.69, 9.17) is 4.74 Å². The first-order valence-corrected chi connectivity index (χ1v) is 10.1. The van der Waals surface area contributed by atoms with Crippen molar-refractivity contribution in [2.24, 2.45) is 0 Å². The van der Waals surface area contributed by atoms with Crippen molar-refractivity contribution in [2.75, 3.05) is 19.8 Å². The monoisotopic (exact) mass is 366 g/mol. The van der Waals surface area contributed by atoms with Crippen LogP contribution in [0.5, 0.6) is 5.75 Å². The molecule has 2 aromatic rings. The maximum atomic E-state index is 13.3. The molecule has 2 fully saturated rings. The van der Waals surface area contributed by atoms with Crippen molar-refractivity contribution in [1.82, 2.24) is 9.80 Å². The zero-order valence-electron chi connectivity index (χ0n) is 15.6. The van der Waals surface area contributed by atoms with Crippen LogP contribution in [0.25, 0.3) is 10.8 Å². The van der Waals surface area contributed by atoms with Gasteiger partial charge in [0.25, 0.3) is 5.91 Å². The fraction of sp³-hybridized carbons (Fsp3) is 0.500. The zero-order chi connectivity index (χ0) is 18.4. The van der Waals surface area contributed by atoms with Crippen molar-refractivity contribution in [3.05, 3.63) is 41.5 Å². The lowest BCUT2D eigenvalue weighted by molar-refractivity contribution is 0.0132. The van der Waals surface area contributed by atoms with Gasteiger partial charge in [0.15, 0.2) is 6.73 Å². The topological polar surface area (TPSA) is 53.0 Å². The van der Waals surface area contributed by atoms with E-state index < -0.39 is 6.10 Å². The molecule has 0 radical (unpaired) electrons. The number of amides is 1. The van der Waals surface area contributed by atoms with Gasteiger partial charge in [-0.3, -0.25) is 14.6 Å². The molecule has 1 saturated carbocycles. The average molecular weight is 366 g/mol. The van der Waals surface area contributed by atoms with E-state index in [-0.39, 0.29) is 18.7 Å².